The van der Waals surface area contributed by atoms with Crippen LogP contribution < -0.4 is 5.32 Å². The normalized spacial score (nSPS) is 12.2. The molecular formula is C21H22BrN3O3. The number of aromatic nitrogens is 2. The molecule has 0 saturated carbocycles. The van der Waals surface area contributed by atoms with Gasteiger partial charge in [-0.3, -0.25) is 9.59 Å². The molecule has 0 aliphatic carbocycles. The van der Waals surface area contributed by atoms with E-state index in [1.807, 2.05) is 51.1 Å². The number of ether oxygens (including phenoxy) is 1. The molecule has 6 nitrogen and oxygen atoms in total. The molecule has 146 valence electrons. The minimum atomic E-state index is -0.397. The van der Waals surface area contributed by atoms with Crippen molar-refractivity contribution >= 4 is 38.8 Å². The number of carbonyl (C=O) groups is 2. The van der Waals surface area contributed by atoms with E-state index in [1.165, 1.54) is 0 Å². The lowest BCUT2D eigenvalue weighted by atomic mass is 10.2. The van der Waals surface area contributed by atoms with E-state index >= 15 is 0 Å². The van der Waals surface area contributed by atoms with E-state index < -0.39 is 6.04 Å². The monoisotopic (exact) mass is 443 g/mol. The Hall–Kier alpha value is -2.67. The van der Waals surface area contributed by atoms with Crippen LogP contribution >= 0.6 is 15.9 Å². The number of para-hydroxylation sites is 2. The molecule has 0 saturated heterocycles. The smallest absolute Gasteiger partial charge is 0.326 e. The highest BCUT2D eigenvalue weighted by Gasteiger charge is 2.21. The van der Waals surface area contributed by atoms with Crippen molar-refractivity contribution in [2.45, 2.75) is 39.5 Å². The summed E-state index contributed by atoms with van der Waals surface area (Å²) in [4.78, 5) is 29.5. The lowest BCUT2D eigenvalue weighted by Gasteiger charge is -2.17. The van der Waals surface area contributed by atoms with Crippen LogP contribution in [0.2, 0.25) is 0 Å². The summed E-state index contributed by atoms with van der Waals surface area (Å²) in [6.07, 6.45) is -0.195. The predicted molar refractivity (Wildman–Crippen MR) is 111 cm³/mol. The van der Waals surface area contributed by atoms with E-state index in [2.05, 4.69) is 26.2 Å². The molecule has 1 unspecified atom stereocenters. The number of nitrogens with zero attached hydrogens (tertiary/aromatic N) is 2. The molecule has 0 bridgehead atoms. The Balaban J connectivity index is 1.89. The van der Waals surface area contributed by atoms with Crippen molar-refractivity contribution in [2.75, 3.05) is 0 Å². The third kappa shape index (κ3) is 4.59. The minimum Gasteiger partial charge on any atom is -0.462 e. The minimum absolute atomic E-state index is 0.0329. The first-order valence-electron chi connectivity index (χ1n) is 9.06. The molecule has 0 fully saturated rings. The van der Waals surface area contributed by atoms with Crippen LogP contribution in [0.15, 0.2) is 53.0 Å². The van der Waals surface area contributed by atoms with Crippen molar-refractivity contribution in [3.63, 3.8) is 0 Å². The summed E-state index contributed by atoms with van der Waals surface area (Å²) in [5.41, 5.74) is 2.13. The van der Waals surface area contributed by atoms with Gasteiger partial charge in [0.15, 0.2) is 0 Å². The molecule has 2 aromatic carbocycles. The lowest BCUT2D eigenvalue weighted by Crippen LogP contribution is -2.29. The fraction of sp³-hybridized carbons (Fsp3) is 0.286. The summed E-state index contributed by atoms with van der Waals surface area (Å²) < 4.78 is 7.92. The molecule has 3 rings (SSSR count). The van der Waals surface area contributed by atoms with Gasteiger partial charge in [-0.15, -0.1) is 0 Å². The van der Waals surface area contributed by atoms with Crippen LogP contribution in [0.5, 0.6) is 0 Å². The van der Waals surface area contributed by atoms with Gasteiger partial charge in [-0.1, -0.05) is 34.1 Å². The zero-order valence-electron chi connectivity index (χ0n) is 16.0. The van der Waals surface area contributed by atoms with Crippen LogP contribution in [-0.2, 0) is 16.1 Å². The highest BCUT2D eigenvalue weighted by molar-refractivity contribution is 9.10. The summed E-state index contributed by atoms with van der Waals surface area (Å²) in [6.45, 7) is 5.50. The van der Waals surface area contributed by atoms with Gasteiger partial charge in [-0.05, 0) is 51.1 Å². The second kappa shape index (κ2) is 8.56. The maximum atomic E-state index is 12.6. The molecule has 0 spiro atoms. The Morgan fingerprint density at radius 3 is 2.61 bits per heavy atom. The Labute approximate surface area is 172 Å². The van der Waals surface area contributed by atoms with Crippen molar-refractivity contribution in [2.24, 2.45) is 0 Å². The first kappa shape index (κ1) is 20.1. The van der Waals surface area contributed by atoms with Gasteiger partial charge in [-0.25, -0.2) is 4.98 Å². The number of esters is 1. The highest BCUT2D eigenvalue weighted by Crippen LogP contribution is 2.22. The molecule has 0 aliphatic rings. The molecule has 7 heteroatoms. The fourth-order valence-electron chi connectivity index (χ4n) is 2.99. The van der Waals surface area contributed by atoms with Crippen LogP contribution in [0, 0.1) is 0 Å². The molecular weight excluding hydrogens is 422 g/mol. The van der Waals surface area contributed by atoms with Gasteiger partial charge >= 0.3 is 5.97 Å². The Bertz CT molecular complexity index is 1010. The summed E-state index contributed by atoms with van der Waals surface area (Å²) in [5, 5.41) is 2.96. The predicted octanol–water partition coefficient (Wildman–Crippen LogP) is 4.24. The maximum Gasteiger partial charge on any atom is 0.326 e. The highest BCUT2D eigenvalue weighted by atomic mass is 79.9. The lowest BCUT2D eigenvalue weighted by molar-refractivity contribution is -0.148. The average Bonchev–Trinajstić information content (AvgIpc) is 2.99. The van der Waals surface area contributed by atoms with Gasteiger partial charge in [0, 0.05) is 10.0 Å². The van der Waals surface area contributed by atoms with Gasteiger partial charge in [0.2, 0.25) is 0 Å². The van der Waals surface area contributed by atoms with Gasteiger partial charge < -0.3 is 14.6 Å². The van der Waals surface area contributed by atoms with E-state index in [-0.39, 0.29) is 24.5 Å². The van der Waals surface area contributed by atoms with Crippen molar-refractivity contribution in [3.05, 3.63) is 64.4 Å². The van der Waals surface area contributed by atoms with Crippen molar-refractivity contribution < 1.29 is 14.3 Å². The molecule has 0 radical (unpaired) electrons. The molecule has 1 aromatic heterocycles. The first-order chi connectivity index (χ1) is 13.3. The molecule has 3 aromatic rings. The number of hydrogen-bond acceptors (Lipinski definition) is 4. The number of imidazole rings is 1. The molecule has 1 N–H and O–H groups in total. The number of benzene rings is 2. The largest absolute Gasteiger partial charge is 0.462 e. The molecule has 1 heterocycles. The van der Waals surface area contributed by atoms with Gasteiger partial charge in [0.25, 0.3) is 5.91 Å². The zero-order chi connectivity index (χ0) is 20.3. The second-order valence-electron chi connectivity index (χ2n) is 6.79. The SMILES string of the molecule is CC(C)OC(=O)Cn1c(C(C)NC(=O)c2cccc(Br)c2)nc2ccccc21. The Kier molecular flexibility index (Phi) is 6.14. The van der Waals surface area contributed by atoms with Crippen LogP contribution in [0.4, 0.5) is 0 Å². The van der Waals surface area contributed by atoms with E-state index in [0.717, 1.165) is 15.5 Å². The van der Waals surface area contributed by atoms with Crippen molar-refractivity contribution in [3.8, 4) is 0 Å². The van der Waals surface area contributed by atoms with E-state index in [0.29, 0.717) is 11.4 Å². The van der Waals surface area contributed by atoms with Crippen LogP contribution in [-0.4, -0.2) is 27.5 Å². The third-order valence-electron chi connectivity index (χ3n) is 4.16. The fourth-order valence-corrected chi connectivity index (χ4v) is 3.39. The number of carbonyl (C=O) groups excluding carboxylic acids is 2. The number of nitrogens with one attached hydrogen (secondary N) is 1. The summed E-state index contributed by atoms with van der Waals surface area (Å²) in [6, 6.07) is 14.3. The maximum absolute atomic E-state index is 12.6. The zero-order valence-corrected chi connectivity index (χ0v) is 17.6. The van der Waals surface area contributed by atoms with E-state index in [1.54, 1.807) is 22.8 Å². The Morgan fingerprint density at radius 1 is 1.14 bits per heavy atom. The van der Waals surface area contributed by atoms with E-state index in [9.17, 15) is 9.59 Å². The standard InChI is InChI=1S/C21H22BrN3O3/c1-13(2)28-19(26)12-25-18-10-5-4-9-17(18)24-20(25)14(3)23-21(27)15-7-6-8-16(22)11-15/h4-11,13-14H,12H2,1-3H3,(H,23,27). The van der Waals surface area contributed by atoms with E-state index in [4.69, 9.17) is 4.74 Å². The van der Waals surface area contributed by atoms with Crippen molar-refractivity contribution in [1.82, 2.24) is 14.9 Å². The summed E-state index contributed by atoms with van der Waals surface area (Å²) >= 11 is 3.38. The average molecular weight is 444 g/mol. The van der Waals surface area contributed by atoms with Crippen LogP contribution in [0.1, 0.15) is 43.0 Å². The number of fused-ring (bicyclic) bond motifs is 1. The quantitative estimate of drug-likeness (QED) is 0.578. The first-order valence-corrected chi connectivity index (χ1v) is 9.85. The van der Waals surface area contributed by atoms with Gasteiger partial charge in [0.1, 0.15) is 12.4 Å². The number of hydrogen-bond donors (Lipinski definition) is 1. The van der Waals surface area contributed by atoms with Gasteiger partial charge in [0.05, 0.1) is 23.2 Å². The molecule has 1 atom stereocenters. The van der Waals surface area contributed by atoms with Crippen LogP contribution in [0.3, 0.4) is 0 Å². The summed E-state index contributed by atoms with van der Waals surface area (Å²) in [7, 11) is 0. The molecule has 28 heavy (non-hydrogen) atoms. The topological polar surface area (TPSA) is 73.2 Å². The third-order valence-corrected chi connectivity index (χ3v) is 4.65. The Morgan fingerprint density at radius 2 is 1.89 bits per heavy atom. The van der Waals surface area contributed by atoms with Crippen LogP contribution in [0.25, 0.3) is 11.0 Å². The number of amides is 1. The van der Waals surface area contributed by atoms with Crippen molar-refractivity contribution in [1.29, 1.82) is 0 Å². The number of rotatable bonds is 6. The van der Waals surface area contributed by atoms with Gasteiger partial charge in [-0.2, -0.15) is 0 Å². The summed E-state index contributed by atoms with van der Waals surface area (Å²) in [5.74, 6) is 0.0485. The molecule has 1 amide bonds. The number of halogens is 1. The molecule has 0 aliphatic heterocycles. The second-order valence-corrected chi connectivity index (χ2v) is 7.70.